The number of aliphatic hydroxyl groups excluding tert-OH is 1. The van der Waals surface area contributed by atoms with Crippen molar-refractivity contribution in [3.63, 3.8) is 0 Å². The lowest BCUT2D eigenvalue weighted by Crippen LogP contribution is -2.34. The Hall–Kier alpha value is -0.280. The number of carbonyl (C=O) groups excluding carboxylic acids is 1. The van der Waals surface area contributed by atoms with Crippen LogP contribution in [0, 0.1) is 0 Å². The SMILES string of the molecule is CCN(CCO)C(=O)CCl. The van der Waals surface area contributed by atoms with Crippen LogP contribution in [0.5, 0.6) is 0 Å². The van der Waals surface area contributed by atoms with Gasteiger partial charge in [0.05, 0.1) is 6.61 Å². The topological polar surface area (TPSA) is 40.5 Å². The average Bonchev–Trinajstić information content (AvgIpc) is 1.99. The van der Waals surface area contributed by atoms with Gasteiger partial charge in [0.25, 0.3) is 0 Å². The van der Waals surface area contributed by atoms with Crippen molar-refractivity contribution in [3.05, 3.63) is 0 Å². The smallest absolute Gasteiger partial charge is 0.237 e. The van der Waals surface area contributed by atoms with Gasteiger partial charge in [-0.1, -0.05) is 0 Å². The number of hydrogen-bond donors (Lipinski definition) is 1. The van der Waals surface area contributed by atoms with E-state index < -0.39 is 0 Å². The fraction of sp³-hybridized carbons (Fsp3) is 0.833. The summed E-state index contributed by atoms with van der Waals surface area (Å²) >= 11 is 5.29. The molecule has 0 radical (unpaired) electrons. The number of rotatable bonds is 4. The van der Waals surface area contributed by atoms with E-state index in [1.165, 1.54) is 4.90 Å². The van der Waals surface area contributed by atoms with E-state index in [1.54, 1.807) is 0 Å². The molecule has 1 amide bonds. The van der Waals surface area contributed by atoms with E-state index in [9.17, 15) is 4.79 Å². The summed E-state index contributed by atoms with van der Waals surface area (Å²) in [6, 6.07) is 0. The van der Waals surface area contributed by atoms with Gasteiger partial charge in [0.15, 0.2) is 0 Å². The van der Waals surface area contributed by atoms with Gasteiger partial charge in [-0.2, -0.15) is 0 Å². The quantitative estimate of drug-likeness (QED) is 0.599. The molecule has 0 aromatic rings. The Labute approximate surface area is 65.6 Å². The highest BCUT2D eigenvalue weighted by atomic mass is 35.5. The van der Waals surface area contributed by atoms with E-state index >= 15 is 0 Å². The average molecular weight is 166 g/mol. The first-order valence-corrected chi connectivity index (χ1v) is 3.74. The molecule has 0 saturated heterocycles. The maximum absolute atomic E-state index is 10.8. The molecule has 0 atom stereocenters. The molecule has 10 heavy (non-hydrogen) atoms. The number of carbonyl (C=O) groups is 1. The van der Waals surface area contributed by atoms with Crippen molar-refractivity contribution >= 4 is 17.5 Å². The zero-order valence-corrected chi connectivity index (χ0v) is 6.76. The number of amides is 1. The molecule has 0 aromatic heterocycles. The zero-order valence-electron chi connectivity index (χ0n) is 6.01. The number of alkyl halides is 1. The van der Waals surface area contributed by atoms with Gasteiger partial charge in [-0.05, 0) is 6.92 Å². The number of nitrogens with zero attached hydrogens (tertiary/aromatic N) is 1. The Morgan fingerprint density at radius 1 is 1.70 bits per heavy atom. The zero-order chi connectivity index (χ0) is 7.98. The van der Waals surface area contributed by atoms with E-state index in [-0.39, 0.29) is 18.4 Å². The second-order valence-electron chi connectivity index (χ2n) is 1.83. The van der Waals surface area contributed by atoms with Crippen LogP contribution in [0.3, 0.4) is 0 Å². The summed E-state index contributed by atoms with van der Waals surface area (Å²) in [5.74, 6) is -0.133. The van der Waals surface area contributed by atoms with E-state index in [0.717, 1.165) is 0 Å². The van der Waals surface area contributed by atoms with Crippen molar-refractivity contribution < 1.29 is 9.90 Å². The number of hydrogen-bond acceptors (Lipinski definition) is 2. The van der Waals surface area contributed by atoms with Crippen molar-refractivity contribution in [2.45, 2.75) is 6.92 Å². The summed E-state index contributed by atoms with van der Waals surface area (Å²) in [6.45, 7) is 2.82. The highest BCUT2D eigenvalue weighted by molar-refractivity contribution is 6.27. The summed E-state index contributed by atoms with van der Waals surface area (Å²) in [5.41, 5.74) is 0. The lowest BCUT2D eigenvalue weighted by Gasteiger charge is -2.17. The van der Waals surface area contributed by atoms with Crippen molar-refractivity contribution in [2.75, 3.05) is 25.6 Å². The van der Waals surface area contributed by atoms with Crippen LogP contribution < -0.4 is 0 Å². The molecule has 0 aromatic carbocycles. The summed E-state index contributed by atoms with van der Waals surface area (Å²) in [4.78, 5) is 12.3. The minimum atomic E-state index is -0.127. The van der Waals surface area contributed by atoms with Crippen LogP contribution in [0.2, 0.25) is 0 Å². The van der Waals surface area contributed by atoms with Gasteiger partial charge in [-0.25, -0.2) is 0 Å². The summed E-state index contributed by atoms with van der Waals surface area (Å²) in [5, 5.41) is 8.48. The maximum atomic E-state index is 10.8. The van der Waals surface area contributed by atoms with Gasteiger partial charge < -0.3 is 10.0 Å². The van der Waals surface area contributed by atoms with Crippen molar-refractivity contribution in [3.8, 4) is 0 Å². The third kappa shape index (κ3) is 3.03. The first-order valence-electron chi connectivity index (χ1n) is 3.20. The van der Waals surface area contributed by atoms with Crippen LogP contribution in [0.15, 0.2) is 0 Å². The summed E-state index contributed by atoms with van der Waals surface area (Å²) < 4.78 is 0. The highest BCUT2D eigenvalue weighted by Gasteiger charge is 2.07. The molecule has 0 rings (SSSR count). The molecule has 0 aliphatic rings. The lowest BCUT2D eigenvalue weighted by molar-refractivity contribution is -0.128. The Kier molecular flexibility index (Phi) is 5.35. The van der Waals surface area contributed by atoms with Crippen molar-refractivity contribution in [1.82, 2.24) is 4.90 Å². The van der Waals surface area contributed by atoms with Crippen LogP contribution >= 0.6 is 11.6 Å². The van der Waals surface area contributed by atoms with E-state index in [1.807, 2.05) is 6.92 Å². The van der Waals surface area contributed by atoms with Gasteiger partial charge in [-0.3, -0.25) is 4.79 Å². The molecule has 0 unspecified atom stereocenters. The molecule has 0 aliphatic heterocycles. The standard InChI is InChI=1S/C6H12ClNO2/c1-2-8(3-4-9)6(10)5-7/h9H,2-5H2,1H3. The lowest BCUT2D eigenvalue weighted by atomic mass is 10.5. The Balaban J connectivity index is 3.68. The van der Waals surface area contributed by atoms with Gasteiger partial charge in [0.2, 0.25) is 5.91 Å². The third-order valence-corrected chi connectivity index (χ3v) is 1.45. The minimum absolute atomic E-state index is 0.00350. The molecular weight excluding hydrogens is 154 g/mol. The van der Waals surface area contributed by atoms with E-state index in [2.05, 4.69) is 0 Å². The number of likely N-dealkylation sites (N-methyl/N-ethyl adjacent to an activating group) is 1. The number of halogens is 1. The number of aliphatic hydroxyl groups is 1. The van der Waals surface area contributed by atoms with Crippen LogP contribution in [0.1, 0.15) is 6.92 Å². The minimum Gasteiger partial charge on any atom is -0.395 e. The molecule has 0 aliphatic carbocycles. The molecule has 0 heterocycles. The van der Waals surface area contributed by atoms with Gasteiger partial charge in [-0.15, -0.1) is 11.6 Å². The molecule has 0 bridgehead atoms. The van der Waals surface area contributed by atoms with Crippen LogP contribution in [0.4, 0.5) is 0 Å². The monoisotopic (exact) mass is 165 g/mol. The predicted octanol–water partition coefficient (Wildman–Crippen LogP) is 0.0660. The maximum Gasteiger partial charge on any atom is 0.237 e. The molecule has 3 nitrogen and oxygen atoms in total. The van der Waals surface area contributed by atoms with Crippen molar-refractivity contribution in [1.29, 1.82) is 0 Å². The highest BCUT2D eigenvalue weighted by Crippen LogP contribution is 1.90. The largest absolute Gasteiger partial charge is 0.395 e. The summed E-state index contributed by atoms with van der Waals surface area (Å²) in [6.07, 6.45) is 0. The molecule has 4 heteroatoms. The Morgan fingerprint density at radius 3 is 2.60 bits per heavy atom. The van der Waals surface area contributed by atoms with E-state index in [4.69, 9.17) is 16.7 Å². The van der Waals surface area contributed by atoms with Gasteiger partial charge in [0.1, 0.15) is 5.88 Å². The Morgan fingerprint density at radius 2 is 2.30 bits per heavy atom. The van der Waals surface area contributed by atoms with Gasteiger partial charge >= 0.3 is 0 Å². The molecule has 0 fully saturated rings. The fourth-order valence-electron chi connectivity index (χ4n) is 0.664. The predicted molar refractivity (Wildman–Crippen MR) is 40.1 cm³/mol. The van der Waals surface area contributed by atoms with Crippen molar-refractivity contribution in [2.24, 2.45) is 0 Å². The Bertz CT molecular complexity index is 108. The normalized spacial score (nSPS) is 9.50. The van der Waals surface area contributed by atoms with Crippen LogP contribution in [-0.4, -0.2) is 41.5 Å². The first kappa shape index (κ1) is 9.72. The molecule has 0 saturated carbocycles. The molecule has 1 N–H and O–H groups in total. The first-order chi connectivity index (χ1) is 4.76. The van der Waals surface area contributed by atoms with Gasteiger partial charge in [0, 0.05) is 13.1 Å². The second kappa shape index (κ2) is 5.50. The third-order valence-electron chi connectivity index (χ3n) is 1.22. The molecule has 0 spiro atoms. The second-order valence-corrected chi connectivity index (χ2v) is 2.10. The van der Waals surface area contributed by atoms with Crippen LogP contribution in [0.25, 0.3) is 0 Å². The van der Waals surface area contributed by atoms with E-state index in [0.29, 0.717) is 13.1 Å². The molecule has 60 valence electrons. The summed E-state index contributed by atoms with van der Waals surface area (Å²) in [7, 11) is 0. The molecular formula is C6H12ClNO2. The fourth-order valence-corrected chi connectivity index (χ4v) is 0.833. The van der Waals surface area contributed by atoms with Crippen LogP contribution in [-0.2, 0) is 4.79 Å².